The number of hydrogen-bond acceptors (Lipinski definition) is 5. The van der Waals surface area contributed by atoms with Gasteiger partial charge in [0.25, 0.3) is 5.56 Å². The van der Waals surface area contributed by atoms with E-state index < -0.39 is 0 Å². The van der Waals surface area contributed by atoms with Crippen molar-refractivity contribution in [2.45, 2.75) is 25.0 Å². The predicted octanol–water partition coefficient (Wildman–Crippen LogP) is 1.70. The van der Waals surface area contributed by atoms with Crippen LogP contribution < -0.4 is 10.5 Å². The minimum atomic E-state index is -0.330. The van der Waals surface area contributed by atoms with E-state index in [0.29, 0.717) is 5.16 Å². The van der Waals surface area contributed by atoms with E-state index in [4.69, 9.17) is 0 Å². The maximum absolute atomic E-state index is 12.4. The molecule has 1 aromatic heterocycles. The second-order valence-electron chi connectivity index (χ2n) is 4.62. The third-order valence-electron chi connectivity index (χ3n) is 2.71. The largest absolute Gasteiger partial charge is 0.309 e. The number of rotatable bonds is 5. The Morgan fingerprint density at radius 2 is 2.05 bits per heavy atom. The summed E-state index contributed by atoms with van der Waals surface area (Å²) in [6.07, 6.45) is 1.09. The van der Waals surface area contributed by atoms with Gasteiger partial charge in [-0.25, -0.2) is 0 Å². The summed E-state index contributed by atoms with van der Waals surface area (Å²) in [7, 11) is 0. The molecule has 0 saturated carbocycles. The number of thioether (sulfide) groups is 1. The first-order chi connectivity index (χ1) is 10.1. The van der Waals surface area contributed by atoms with E-state index in [9.17, 15) is 9.59 Å². The molecule has 0 aliphatic heterocycles. The molecular weight excluding hydrogens is 288 g/mol. The number of carbonyl (C=O) groups is 1. The van der Waals surface area contributed by atoms with Gasteiger partial charge >= 0.3 is 0 Å². The number of aromatic amines is 1. The van der Waals surface area contributed by atoms with Crippen molar-refractivity contribution in [3.05, 3.63) is 46.9 Å². The molecule has 0 radical (unpaired) electrons. The number of aromatic nitrogens is 3. The summed E-state index contributed by atoms with van der Waals surface area (Å²) in [6.45, 7) is 3.92. The lowest BCUT2D eigenvalue weighted by molar-refractivity contribution is -0.116. The highest BCUT2D eigenvalue weighted by atomic mass is 32.2. The molecule has 7 heteroatoms. The van der Waals surface area contributed by atoms with Crippen LogP contribution in [-0.2, 0) is 4.79 Å². The smallest absolute Gasteiger partial charge is 0.270 e. The molecule has 2 rings (SSSR count). The fourth-order valence-corrected chi connectivity index (χ4v) is 2.56. The van der Waals surface area contributed by atoms with E-state index in [1.54, 1.807) is 4.90 Å². The number of H-pyrrole nitrogens is 1. The van der Waals surface area contributed by atoms with Crippen molar-refractivity contribution in [2.75, 3.05) is 10.7 Å². The minimum absolute atomic E-state index is 0.0430. The van der Waals surface area contributed by atoms with Gasteiger partial charge < -0.3 is 4.90 Å². The molecule has 1 heterocycles. The topological polar surface area (TPSA) is 79.0 Å². The van der Waals surface area contributed by atoms with Gasteiger partial charge in [0.2, 0.25) is 5.91 Å². The van der Waals surface area contributed by atoms with Crippen molar-refractivity contribution < 1.29 is 4.79 Å². The monoisotopic (exact) mass is 304 g/mol. The van der Waals surface area contributed by atoms with Crippen LogP contribution in [-0.4, -0.2) is 32.9 Å². The van der Waals surface area contributed by atoms with Crippen molar-refractivity contribution in [3.8, 4) is 0 Å². The molecule has 0 saturated heterocycles. The average molecular weight is 304 g/mol. The van der Waals surface area contributed by atoms with Gasteiger partial charge in [0.15, 0.2) is 5.16 Å². The molecule has 0 aliphatic carbocycles. The molecule has 0 bridgehead atoms. The fraction of sp³-hybridized carbons (Fsp3) is 0.286. The second kappa shape index (κ2) is 7.03. The standard InChI is InChI=1S/C14H16N4O2S/c1-10(2)18(11-6-4-3-5-7-11)13(20)9-21-14-16-12(19)8-15-17-14/h3-8,10H,9H2,1-2H3,(H,16,17,19). The molecule has 110 valence electrons. The molecule has 0 fully saturated rings. The number of para-hydroxylation sites is 1. The zero-order valence-electron chi connectivity index (χ0n) is 11.8. The number of hydrogen-bond donors (Lipinski definition) is 1. The average Bonchev–Trinajstić information content (AvgIpc) is 2.46. The van der Waals surface area contributed by atoms with Crippen molar-refractivity contribution >= 4 is 23.4 Å². The molecule has 0 atom stereocenters. The lowest BCUT2D eigenvalue weighted by Gasteiger charge is -2.26. The molecule has 1 amide bonds. The predicted molar refractivity (Wildman–Crippen MR) is 82.4 cm³/mol. The van der Waals surface area contributed by atoms with Gasteiger partial charge in [-0.1, -0.05) is 30.0 Å². The number of nitrogens with zero attached hydrogens (tertiary/aromatic N) is 3. The first-order valence-corrected chi connectivity index (χ1v) is 7.48. The molecule has 0 aliphatic rings. The van der Waals surface area contributed by atoms with Crippen LogP contribution in [0.15, 0.2) is 46.5 Å². The SMILES string of the molecule is CC(C)N(C(=O)CSc1nncc(=O)[nH]1)c1ccccc1. The lowest BCUT2D eigenvalue weighted by Crippen LogP contribution is -2.38. The first kappa shape index (κ1) is 15.2. The van der Waals surface area contributed by atoms with E-state index in [1.807, 2.05) is 44.2 Å². The lowest BCUT2D eigenvalue weighted by atomic mass is 10.2. The molecule has 2 aromatic rings. The van der Waals surface area contributed by atoms with Gasteiger partial charge in [0.1, 0.15) is 6.20 Å². The Morgan fingerprint density at radius 3 is 2.67 bits per heavy atom. The highest BCUT2D eigenvalue weighted by Gasteiger charge is 2.19. The highest BCUT2D eigenvalue weighted by Crippen LogP contribution is 2.19. The summed E-state index contributed by atoms with van der Waals surface area (Å²) < 4.78 is 0. The summed E-state index contributed by atoms with van der Waals surface area (Å²) >= 11 is 1.16. The van der Waals surface area contributed by atoms with Crippen LogP contribution in [0.5, 0.6) is 0 Å². The minimum Gasteiger partial charge on any atom is -0.309 e. The van der Waals surface area contributed by atoms with Crippen LogP contribution >= 0.6 is 11.8 Å². The Bertz CT molecular complexity index is 657. The number of nitrogens with one attached hydrogen (secondary N) is 1. The Kier molecular flexibility index (Phi) is 5.10. The van der Waals surface area contributed by atoms with Gasteiger partial charge in [0, 0.05) is 11.7 Å². The van der Waals surface area contributed by atoms with Crippen LogP contribution in [0, 0.1) is 0 Å². The van der Waals surface area contributed by atoms with Gasteiger partial charge in [-0.15, -0.1) is 5.10 Å². The Morgan fingerprint density at radius 1 is 1.33 bits per heavy atom. The summed E-state index contributed by atoms with van der Waals surface area (Å²) in [5.41, 5.74) is 0.523. The Balaban J connectivity index is 2.08. The number of anilines is 1. The van der Waals surface area contributed by atoms with Crippen molar-refractivity contribution in [1.29, 1.82) is 0 Å². The molecular formula is C14H16N4O2S. The molecule has 0 spiro atoms. The van der Waals surface area contributed by atoms with Gasteiger partial charge in [-0.3, -0.25) is 14.6 Å². The van der Waals surface area contributed by atoms with Crippen molar-refractivity contribution in [2.24, 2.45) is 0 Å². The van der Waals surface area contributed by atoms with Crippen molar-refractivity contribution in [3.63, 3.8) is 0 Å². The normalized spacial score (nSPS) is 10.6. The van der Waals surface area contributed by atoms with Gasteiger partial charge in [-0.05, 0) is 26.0 Å². The zero-order chi connectivity index (χ0) is 15.2. The molecule has 0 unspecified atom stereocenters. The number of benzene rings is 1. The third kappa shape index (κ3) is 4.16. The molecule has 1 aromatic carbocycles. The first-order valence-electron chi connectivity index (χ1n) is 6.50. The van der Waals surface area contributed by atoms with Gasteiger partial charge in [-0.2, -0.15) is 5.10 Å². The number of carbonyl (C=O) groups excluding carboxylic acids is 1. The van der Waals surface area contributed by atoms with Crippen LogP contribution in [0.1, 0.15) is 13.8 Å². The quantitative estimate of drug-likeness (QED) is 0.851. The molecule has 6 nitrogen and oxygen atoms in total. The van der Waals surface area contributed by atoms with E-state index in [2.05, 4.69) is 15.2 Å². The van der Waals surface area contributed by atoms with Crippen LogP contribution in [0.4, 0.5) is 5.69 Å². The van der Waals surface area contributed by atoms with Gasteiger partial charge in [0.05, 0.1) is 5.75 Å². The van der Waals surface area contributed by atoms with E-state index in [1.165, 1.54) is 0 Å². The van der Waals surface area contributed by atoms with Crippen LogP contribution in [0.3, 0.4) is 0 Å². The summed E-state index contributed by atoms with van der Waals surface area (Å²) in [5.74, 6) is 0.134. The maximum Gasteiger partial charge on any atom is 0.270 e. The second-order valence-corrected chi connectivity index (χ2v) is 5.58. The van der Waals surface area contributed by atoms with Crippen LogP contribution in [0.25, 0.3) is 0 Å². The van der Waals surface area contributed by atoms with E-state index >= 15 is 0 Å². The van der Waals surface area contributed by atoms with E-state index in [0.717, 1.165) is 23.6 Å². The Hall–Kier alpha value is -2.15. The highest BCUT2D eigenvalue weighted by molar-refractivity contribution is 7.99. The summed E-state index contributed by atoms with van der Waals surface area (Å²) in [4.78, 5) is 27.8. The maximum atomic E-state index is 12.4. The van der Waals surface area contributed by atoms with E-state index in [-0.39, 0.29) is 23.3 Å². The van der Waals surface area contributed by atoms with Crippen LogP contribution in [0.2, 0.25) is 0 Å². The Labute approximate surface area is 126 Å². The zero-order valence-corrected chi connectivity index (χ0v) is 12.6. The fourth-order valence-electron chi connectivity index (χ4n) is 1.88. The summed E-state index contributed by atoms with van der Waals surface area (Å²) in [5, 5.41) is 7.68. The molecule has 1 N–H and O–H groups in total. The number of amides is 1. The van der Waals surface area contributed by atoms with Crippen molar-refractivity contribution in [1.82, 2.24) is 15.2 Å². The molecule has 21 heavy (non-hydrogen) atoms. The third-order valence-corrected chi connectivity index (χ3v) is 3.55. The summed E-state index contributed by atoms with van der Waals surface area (Å²) in [6, 6.07) is 9.53.